The Hall–Kier alpha value is -1.20. The maximum atomic E-state index is 12.8. The lowest BCUT2D eigenvalue weighted by atomic mass is 10.3. The highest BCUT2D eigenvalue weighted by atomic mass is 19.2. The summed E-state index contributed by atoms with van der Waals surface area (Å²) in [6.45, 7) is 1.95. The molecule has 0 radical (unpaired) electrons. The fourth-order valence-electron chi connectivity index (χ4n) is 1.10. The second kappa shape index (κ2) is 7.14. The van der Waals surface area contributed by atoms with Crippen LogP contribution >= 0.6 is 0 Å². The molecule has 0 aliphatic carbocycles. The highest BCUT2D eigenvalue weighted by molar-refractivity contribution is 5.23. The van der Waals surface area contributed by atoms with E-state index in [4.69, 9.17) is 15.2 Å². The van der Waals surface area contributed by atoms with Gasteiger partial charge in [-0.05, 0) is 12.1 Å². The van der Waals surface area contributed by atoms with Gasteiger partial charge in [0, 0.05) is 25.6 Å². The zero-order valence-corrected chi connectivity index (χ0v) is 8.92. The molecule has 0 unspecified atom stereocenters. The monoisotopic (exact) mass is 231 g/mol. The Morgan fingerprint density at radius 1 is 1.06 bits per heavy atom. The lowest BCUT2D eigenvalue weighted by molar-refractivity contribution is 0.125. The third-order valence-corrected chi connectivity index (χ3v) is 1.85. The molecule has 16 heavy (non-hydrogen) atoms. The maximum Gasteiger partial charge on any atom is 0.162 e. The molecular formula is C11H15F2NO2. The van der Waals surface area contributed by atoms with Crippen molar-refractivity contribution in [2.75, 3.05) is 26.4 Å². The third-order valence-electron chi connectivity index (χ3n) is 1.85. The van der Waals surface area contributed by atoms with Crippen molar-refractivity contribution in [3.8, 4) is 5.75 Å². The lowest BCUT2D eigenvalue weighted by Crippen LogP contribution is -2.10. The van der Waals surface area contributed by atoms with Crippen molar-refractivity contribution in [3.63, 3.8) is 0 Å². The van der Waals surface area contributed by atoms with Crippen molar-refractivity contribution in [2.45, 2.75) is 6.42 Å². The van der Waals surface area contributed by atoms with Crippen LogP contribution in [-0.2, 0) is 4.74 Å². The standard InChI is InChI=1S/C11H15F2NO2/c12-10-3-2-9(8-11(10)13)16-6-1-5-15-7-4-14/h2-3,8H,1,4-7,14H2. The fourth-order valence-corrected chi connectivity index (χ4v) is 1.10. The van der Waals surface area contributed by atoms with Gasteiger partial charge in [0.2, 0.25) is 0 Å². The van der Waals surface area contributed by atoms with Crippen LogP contribution in [0, 0.1) is 11.6 Å². The molecule has 0 aliphatic heterocycles. The smallest absolute Gasteiger partial charge is 0.162 e. The molecule has 0 heterocycles. The molecule has 1 aromatic rings. The van der Waals surface area contributed by atoms with Gasteiger partial charge >= 0.3 is 0 Å². The minimum atomic E-state index is -0.906. The number of nitrogens with two attached hydrogens (primary N) is 1. The molecule has 3 nitrogen and oxygen atoms in total. The van der Waals surface area contributed by atoms with Crippen molar-refractivity contribution in [2.24, 2.45) is 5.73 Å². The molecule has 1 rings (SSSR count). The number of halogens is 2. The summed E-state index contributed by atoms with van der Waals surface area (Å²) in [5.41, 5.74) is 5.23. The molecule has 0 aliphatic rings. The topological polar surface area (TPSA) is 44.5 Å². The number of benzene rings is 1. The van der Waals surface area contributed by atoms with E-state index in [0.717, 1.165) is 12.1 Å². The van der Waals surface area contributed by atoms with Crippen molar-refractivity contribution >= 4 is 0 Å². The van der Waals surface area contributed by atoms with Crippen LogP contribution in [-0.4, -0.2) is 26.4 Å². The summed E-state index contributed by atoms with van der Waals surface area (Å²) in [7, 11) is 0. The van der Waals surface area contributed by atoms with Crippen LogP contribution in [0.2, 0.25) is 0 Å². The van der Waals surface area contributed by atoms with Gasteiger partial charge in [0.15, 0.2) is 11.6 Å². The average molecular weight is 231 g/mol. The second-order valence-electron chi connectivity index (χ2n) is 3.18. The van der Waals surface area contributed by atoms with Crippen molar-refractivity contribution in [3.05, 3.63) is 29.8 Å². The molecule has 0 saturated carbocycles. The molecule has 1 aromatic carbocycles. The molecule has 0 spiro atoms. The van der Waals surface area contributed by atoms with Gasteiger partial charge in [0.1, 0.15) is 5.75 Å². The second-order valence-corrected chi connectivity index (χ2v) is 3.18. The Bertz CT molecular complexity index is 321. The molecule has 0 fully saturated rings. The molecule has 0 saturated heterocycles. The molecule has 0 bridgehead atoms. The van der Waals surface area contributed by atoms with Gasteiger partial charge in [0.25, 0.3) is 0 Å². The number of ether oxygens (including phenoxy) is 2. The number of hydrogen-bond acceptors (Lipinski definition) is 3. The third kappa shape index (κ3) is 4.55. The zero-order valence-electron chi connectivity index (χ0n) is 8.92. The van der Waals surface area contributed by atoms with Crippen molar-refractivity contribution in [1.29, 1.82) is 0 Å². The summed E-state index contributed by atoms with van der Waals surface area (Å²) in [5.74, 6) is -1.46. The first kappa shape index (κ1) is 12.9. The number of hydrogen-bond donors (Lipinski definition) is 1. The highest BCUT2D eigenvalue weighted by Crippen LogP contribution is 2.15. The van der Waals surface area contributed by atoms with Gasteiger partial charge in [-0.3, -0.25) is 0 Å². The molecule has 0 atom stereocenters. The summed E-state index contributed by atoms with van der Waals surface area (Å²) in [6, 6.07) is 3.45. The van der Waals surface area contributed by atoms with E-state index in [9.17, 15) is 8.78 Å². The van der Waals surface area contributed by atoms with Crippen LogP contribution in [0.1, 0.15) is 6.42 Å². The van der Waals surface area contributed by atoms with Crippen LogP contribution in [0.15, 0.2) is 18.2 Å². The highest BCUT2D eigenvalue weighted by Gasteiger charge is 2.02. The summed E-state index contributed by atoms with van der Waals surface area (Å²) < 4.78 is 35.7. The molecule has 0 aromatic heterocycles. The zero-order chi connectivity index (χ0) is 11.8. The van der Waals surface area contributed by atoms with Gasteiger partial charge < -0.3 is 15.2 Å². The van der Waals surface area contributed by atoms with Crippen LogP contribution in [0.5, 0.6) is 5.75 Å². The lowest BCUT2D eigenvalue weighted by Gasteiger charge is -2.06. The van der Waals surface area contributed by atoms with Gasteiger partial charge in [0.05, 0.1) is 13.2 Å². The van der Waals surface area contributed by atoms with E-state index in [-0.39, 0.29) is 0 Å². The SMILES string of the molecule is NCCOCCCOc1ccc(F)c(F)c1. The van der Waals surface area contributed by atoms with E-state index >= 15 is 0 Å². The quantitative estimate of drug-likeness (QED) is 0.726. The van der Waals surface area contributed by atoms with Crippen LogP contribution in [0.4, 0.5) is 8.78 Å². The van der Waals surface area contributed by atoms with E-state index in [1.807, 2.05) is 0 Å². The van der Waals surface area contributed by atoms with Gasteiger partial charge in [-0.2, -0.15) is 0 Å². The van der Waals surface area contributed by atoms with Crippen LogP contribution in [0.3, 0.4) is 0 Å². The van der Waals surface area contributed by atoms with Crippen molar-refractivity contribution < 1.29 is 18.3 Å². The molecule has 90 valence electrons. The molecule has 2 N–H and O–H groups in total. The minimum Gasteiger partial charge on any atom is -0.493 e. The van der Waals surface area contributed by atoms with Gasteiger partial charge in [-0.1, -0.05) is 0 Å². The first-order chi connectivity index (χ1) is 7.74. The normalized spacial score (nSPS) is 10.4. The minimum absolute atomic E-state index is 0.317. The Balaban J connectivity index is 2.19. The Morgan fingerprint density at radius 3 is 2.56 bits per heavy atom. The predicted octanol–water partition coefficient (Wildman–Crippen LogP) is 1.71. The first-order valence-electron chi connectivity index (χ1n) is 5.09. The Kier molecular flexibility index (Phi) is 5.74. The molecular weight excluding hydrogens is 216 g/mol. The van der Waals surface area contributed by atoms with Crippen LogP contribution < -0.4 is 10.5 Å². The maximum absolute atomic E-state index is 12.8. The Labute approximate surface area is 93.2 Å². The summed E-state index contributed by atoms with van der Waals surface area (Å²) >= 11 is 0. The van der Waals surface area contributed by atoms with E-state index in [1.165, 1.54) is 6.07 Å². The largest absolute Gasteiger partial charge is 0.493 e. The van der Waals surface area contributed by atoms with E-state index < -0.39 is 11.6 Å². The first-order valence-corrected chi connectivity index (χ1v) is 5.09. The summed E-state index contributed by atoms with van der Waals surface area (Å²) in [4.78, 5) is 0. The van der Waals surface area contributed by atoms with E-state index in [0.29, 0.717) is 38.5 Å². The van der Waals surface area contributed by atoms with Crippen LogP contribution in [0.25, 0.3) is 0 Å². The average Bonchev–Trinajstić information content (AvgIpc) is 2.28. The van der Waals surface area contributed by atoms with E-state index in [2.05, 4.69) is 0 Å². The fraction of sp³-hybridized carbons (Fsp3) is 0.455. The summed E-state index contributed by atoms with van der Waals surface area (Å²) in [5, 5.41) is 0. The number of rotatable bonds is 7. The predicted molar refractivity (Wildman–Crippen MR) is 56.3 cm³/mol. The van der Waals surface area contributed by atoms with E-state index in [1.54, 1.807) is 0 Å². The summed E-state index contributed by atoms with van der Waals surface area (Å²) in [6.07, 6.45) is 0.680. The molecule has 5 heteroatoms. The molecule has 0 amide bonds. The Morgan fingerprint density at radius 2 is 1.88 bits per heavy atom. The van der Waals surface area contributed by atoms with Gasteiger partial charge in [-0.15, -0.1) is 0 Å². The van der Waals surface area contributed by atoms with Crippen molar-refractivity contribution in [1.82, 2.24) is 0 Å². The van der Waals surface area contributed by atoms with Gasteiger partial charge in [-0.25, -0.2) is 8.78 Å².